The van der Waals surface area contributed by atoms with Gasteiger partial charge in [-0.25, -0.2) is 9.69 Å². The summed E-state index contributed by atoms with van der Waals surface area (Å²) in [6.07, 6.45) is 2.47. The first-order valence-corrected chi connectivity index (χ1v) is 7.67. The first-order valence-electron chi connectivity index (χ1n) is 7.67. The van der Waals surface area contributed by atoms with Crippen LogP contribution in [0.15, 0.2) is 30.3 Å². The second kappa shape index (κ2) is 4.83. The molecule has 6 heteroatoms. The van der Waals surface area contributed by atoms with Gasteiger partial charge in [0.2, 0.25) is 5.91 Å². The van der Waals surface area contributed by atoms with Crippen molar-refractivity contribution in [2.75, 3.05) is 11.4 Å². The lowest BCUT2D eigenvalue weighted by Gasteiger charge is -2.36. The number of urea groups is 1. The smallest absolute Gasteiger partial charge is 0.329 e. The van der Waals surface area contributed by atoms with Crippen molar-refractivity contribution in [2.24, 2.45) is 5.92 Å². The van der Waals surface area contributed by atoms with Gasteiger partial charge >= 0.3 is 6.03 Å². The fourth-order valence-electron chi connectivity index (χ4n) is 3.34. The van der Waals surface area contributed by atoms with E-state index < -0.39 is 12.1 Å². The predicted octanol–water partition coefficient (Wildman–Crippen LogP) is 1.12. The van der Waals surface area contributed by atoms with E-state index in [1.165, 1.54) is 0 Å². The van der Waals surface area contributed by atoms with Crippen molar-refractivity contribution in [1.82, 2.24) is 10.2 Å². The van der Waals surface area contributed by atoms with Crippen molar-refractivity contribution in [1.29, 1.82) is 0 Å². The van der Waals surface area contributed by atoms with Crippen molar-refractivity contribution in [3.8, 4) is 0 Å². The van der Waals surface area contributed by atoms with Gasteiger partial charge in [-0.1, -0.05) is 18.2 Å². The molecule has 0 radical (unpaired) electrons. The van der Waals surface area contributed by atoms with Crippen LogP contribution in [0.1, 0.15) is 19.3 Å². The Balaban J connectivity index is 1.65. The SMILES string of the molecule is O=C1N[C@@H]2CCN(C(=O)C3CC3)[C@@H]2C(=O)N1c1ccccc1. The highest BCUT2D eigenvalue weighted by atomic mass is 16.2. The van der Waals surface area contributed by atoms with Crippen LogP contribution in [-0.2, 0) is 9.59 Å². The lowest BCUT2D eigenvalue weighted by molar-refractivity contribution is -0.139. The number of carbonyl (C=O) groups is 3. The zero-order valence-electron chi connectivity index (χ0n) is 12.1. The maximum atomic E-state index is 12.8. The fourth-order valence-corrected chi connectivity index (χ4v) is 3.34. The van der Waals surface area contributed by atoms with Crippen LogP contribution in [0, 0.1) is 5.92 Å². The zero-order chi connectivity index (χ0) is 15.3. The van der Waals surface area contributed by atoms with Crippen LogP contribution in [0.5, 0.6) is 0 Å². The maximum absolute atomic E-state index is 12.8. The summed E-state index contributed by atoms with van der Waals surface area (Å²) in [5.41, 5.74) is 0.536. The Bertz CT molecular complexity index is 641. The summed E-state index contributed by atoms with van der Waals surface area (Å²) in [7, 11) is 0. The number of fused-ring (bicyclic) bond motifs is 1. The van der Waals surface area contributed by atoms with E-state index in [1.54, 1.807) is 29.2 Å². The third-order valence-corrected chi connectivity index (χ3v) is 4.61. The second-order valence-corrected chi connectivity index (χ2v) is 6.10. The topological polar surface area (TPSA) is 69.7 Å². The standard InChI is InChI=1S/C16H17N3O3/c20-14(10-6-7-10)18-9-8-12-13(18)15(21)19(16(22)17-12)11-4-2-1-3-5-11/h1-5,10,12-13H,6-9H2,(H,17,22)/t12-,13+/m1/s1. The molecule has 2 heterocycles. The first-order chi connectivity index (χ1) is 10.7. The number of anilines is 1. The van der Waals surface area contributed by atoms with Gasteiger partial charge in [-0.05, 0) is 31.4 Å². The predicted molar refractivity (Wildman–Crippen MR) is 79.1 cm³/mol. The molecular formula is C16H17N3O3. The third-order valence-electron chi connectivity index (χ3n) is 4.61. The number of para-hydroxylation sites is 1. The average molecular weight is 299 g/mol. The van der Waals surface area contributed by atoms with E-state index in [2.05, 4.69) is 5.32 Å². The van der Waals surface area contributed by atoms with Crippen molar-refractivity contribution in [3.05, 3.63) is 30.3 Å². The van der Waals surface area contributed by atoms with Crippen molar-refractivity contribution in [2.45, 2.75) is 31.3 Å². The highest BCUT2D eigenvalue weighted by Gasteiger charge is 2.51. The van der Waals surface area contributed by atoms with Gasteiger partial charge in [0.05, 0.1) is 11.7 Å². The maximum Gasteiger partial charge on any atom is 0.329 e. The highest BCUT2D eigenvalue weighted by molar-refractivity contribution is 6.19. The Morgan fingerprint density at radius 1 is 1.09 bits per heavy atom. The van der Waals surface area contributed by atoms with Crippen LogP contribution in [0.4, 0.5) is 10.5 Å². The molecule has 2 saturated heterocycles. The van der Waals surface area contributed by atoms with E-state index in [0.717, 1.165) is 17.7 Å². The van der Waals surface area contributed by atoms with Crippen LogP contribution in [0.2, 0.25) is 0 Å². The molecule has 2 aliphatic heterocycles. The summed E-state index contributed by atoms with van der Waals surface area (Å²) in [4.78, 5) is 40.3. The summed E-state index contributed by atoms with van der Waals surface area (Å²) in [5, 5.41) is 2.87. The number of hydrogen-bond acceptors (Lipinski definition) is 3. The van der Waals surface area contributed by atoms with Gasteiger partial charge in [-0.2, -0.15) is 0 Å². The third kappa shape index (κ3) is 1.98. The minimum Gasteiger partial charge on any atom is -0.332 e. The van der Waals surface area contributed by atoms with Crippen molar-refractivity contribution >= 4 is 23.5 Å². The number of benzene rings is 1. The normalized spacial score (nSPS) is 27.6. The molecule has 1 N–H and O–H groups in total. The molecule has 3 aliphatic rings. The average Bonchev–Trinajstić information content (AvgIpc) is 3.28. The summed E-state index contributed by atoms with van der Waals surface area (Å²) < 4.78 is 0. The molecule has 114 valence electrons. The zero-order valence-corrected chi connectivity index (χ0v) is 12.1. The number of nitrogens with zero attached hydrogens (tertiary/aromatic N) is 2. The number of imide groups is 1. The summed E-state index contributed by atoms with van der Waals surface area (Å²) in [6.45, 7) is 0.541. The molecule has 4 amide bonds. The van der Waals surface area contributed by atoms with Gasteiger partial charge in [0.15, 0.2) is 0 Å². The van der Waals surface area contributed by atoms with E-state index in [4.69, 9.17) is 0 Å². The monoisotopic (exact) mass is 299 g/mol. The van der Waals surface area contributed by atoms with Gasteiger partial charge in [-0.15, -0.1) is 0 Å². The lowest BCUT2D eigenvalue weighted by Crippen LogP contribution is -2.65. The lowest BCUT2D eigenvalue weighted by atomic mass is 10.0. The molecule has 0 spiro atoms. The van der Waals surface area contributed by atoms with Gasteiger partial charge in [0, 0.05) is 12.5 Å². The molecule has 2 atom stereocenters. The molecule has 0 aromatic heterocycles. The number of nitrogens with one attached hydrogen (secondary N) is 1. The first kappa shape index (κ1) is 13.3. The van der Waals surface area contributed by atoms with E-state index in [0.29, 0.717) is 18.7 Å². The molecule has 0 bridgehead atoms. The molecule has 6 nitrogen and oxygen atoms in total. The Labute approximate surface area is 128 Å². The van der Waals surface area contributed by atoms with Crippen LogP contribution in [0.25, 0.3) is 0 Å². The molecule has 22 heavy (non-hydrogen) atoms. The van der Waals surface area contributed by atoms with Crippen molar-refractivity contribution in [3.63, 3.8) is 0 Å². The summed E-state index contributed by atoms with van der Waals surface area (Å²) >= 11 is 0. The quantitative estimate of drug-likeness (QED) is 0.889. The minimum absolute atomic E-state index is 0.0602. The van der Waals surface area contributed by atoms with Crippen LogP contribution >= 0.6 is 0 Å². The number of amides is 4. The molecule has 3 fully saturated rings. The van der Waals surface area contributed by atoms with Gasteiger partial charge in [0.25, 0.3) is 5.91 Å². The molecule has 1 aromatic rings. The second-order valence-electron chi connectivity index (χ2n) is 6.10. The minimum atomic E-state index is -0.564. The molecule has 1 aromatic carbocycles. The molecule has 4 rings (SSSR count). The van der Waals surface area contributed by atoms with E-state index in [9.17, 15) is 14.4 Å². The molecule has 1 saturated carbocycles. The van der Waals surface area contributed by atoms with Crippen LogP contribution in [0.3, 0.4) is 0 Å². The van der Waals surface area contributed by atoms with Crippen molar-refractivity contribution < 1.29 is 14.4 Å². The molecule has 0 unspecified atom stereocenters. The number of carbonyl (C=O) groups excluding carboxylic acids is 3. The molecular weight excluding hydrogens is 282 g/mol. The Kier molecular flexibility index (Phi) is 2.92. The molecule has 1 aliphatic carbocycles. The van der Waals surface area contributed by atoms with Gasteiger partial charge < -0.3 is 10.2 Å². The van der Waals surface area contributed by atoms with E-state index in [1.807, 2.05) is 6.07 Å². The largest absolute Gasteiger partial charge is 0.332 e. The number of hydrogen-bond donors (Lipinski definition) is 1. The summed E-state index contributed by atoms with van der Waals surface area (Å²) in [5.74, 6) is -0.161. The van der Waals surface area contributed by atoms with Crippen LogP contribution in [-0.4, -0.2) is 41.4 Å². The Morgan fingerprint density at radius 2 is 1.82 bits per heavy atom. The highest BCUT2D eigenvalue weighted by Crippen LogP contribution is 2.35. The fraction of sp³-hybridized carbons (Fsp3) is 0.438. The van der Waals surface area contributed by atoms with E-state index in [-0.39, 0.29) is 23.8 Å². The van der Waals surface area contributed by atoms with Gasteiger partial charge in [0.1, 0.15) is 6.04 Å². The van der Waals surface area contributed by atoms with Gasteiger partial charge in [-0.3, -0.25) is 9.59 Å². The number of rotatable bonds is 2. The Morgan fingerprint density at radius 3 is 2.50 bits per heavy atom. The Hall–Kier alpha value is -2.37. The number of likely N-dealkylation sites (tertiary alicyclic amines) is 1. The van der Waals surface area contributed by atoms with Crippen LogP contribution < -0.4 is 10.2 Å². The van der Waals surface area contributed by atoms with E-state index >= 15 is 0 Å². The summed E-state index contributed by atoms with van der Waals surface area (Å²) in [6, 6.07) is 7.61.